The SMILES string of the molecule is CN1CC(=O)N(c2cccc(CN)c2)CC1=O. The van der Waals surface area contributed by atoms with Crippen molar-refractivity contribution in [1.29, 1.82) is 0 Å². The van der Waals surface area contributed by atoms with Crippen LogP contribution in [0, 0.1) is 0 Å². The Morgan fingerprint density at radius 2 is 2.00 bits per heavy atom. The molecule has 0 saturated carbocycles. The number of piperazine rings is 1. The number of rotatable bonds is 2. The fraction of sp³-hybridized carbons (Fsp3) is 0.333. The van der Waals surface area contributed by atoms with Crippen molar-refractivity contribution in [2.45, 2.75) is 6.54 Å². The first-order chi connectivity index (χ1) is 8.11. The smallest absolute Gasteiger partial charge is 0.247 e. The summed E-state index contributed by atoms with van der Waals surface area (Å²) in [4.78, 5) is 26.4. The van der Waals surface area contributed by atoms with E-state index in [1.54, 1.807) is 7.05 Å². The number of anilines is 1. The maximum atomic E-state index is 11.9. The molecule has 0 bridgehead atoms. The van der Waals surface area contributed by atoms with Crippen LogP contribution in [0.1, 0.15) is 5.56 Å². The normalized spacial score (nSPS) is 16.6. The summed E-state index contributed by atoms with van der Waals surface area (Å²) in [6.45, 7) is 0.652. The lowest BCUT2D eigenvalue weighted by molar-refractivity contribution is -0.136. The zero-order valence-electron chi connectivity index (χ0n) is 9.72. The van der Waals surface area contributed by atoms with E-state index in [-0.39, 0.29) is 24.9 Å². The van der Waals surface area contributed by atoms with E-state index in [9.17, 15) is 9.59 Å². The number of amides is 2. The third-order valence-electron chi connectivity index (χ3n) is 2.85. The van der Waals surface area contributed by atoms with Crippen molar-refractivity contribution in [1.82, 2.24) is 4.90 Å². The van der Waals surface area contributed by atoms with Gasteiger partial charge in [-0.05, 0) is 17.7 Å². The molecule has 17 heavy (non-hydrogen) atoms. The summed E-state index contributed by atoms with van der Waals surface area (Å²) in [5.41, 5.74) is 7.24. The number of nitrogens with two attached hydrogens (primary N) is 1. The highest BCUT2D eigenvalue weighted by atomic mass is 16.2. The highest BCUT2D eigenvalue weighted by Gasteiger charge is 2.28. The number of benzene rings is 1. The Morgan fingerprint density at radius 3 is 2.71 bits per heavy atom. The van der Waals surface area contributed by atoms with Crippen LogP contribution in [-0.2, 0) is 16.1 Å². The van der Waals surface area contributed by atoms with Crippen molar-refractivity contribution in [3.05, 3.63) is 29.8 Å². The largest absolute Gasteiger partial charge is 0.335 e. The molecular formula is C12H15N3O2. The Kier molecular flexibility index (Phi) is 3.10. The van der Waals surface area contributed by atoms with Crippen molar-refractivity contribution in [2.75, 3.05) is 25.0 Å². The second-order valence-electron chi connectivity index (χ2n) is 4.10. The minimum atomic E-state index is -0.0683. The predicted octanol–water partition coefficient (Wildman–Crippen LogP) is -0.0497. The van der Waals surface area contributed by atoms with Crippen LogP contribution in [0.3, 0.4) is 0 Å². The highest BCUT2D eigenvalue weighted by Crippen LogP contribution is 2.18. The summed E-state index contributed by atoms with van der Waals surface area (Å²) < 4.78 is 0. The van der Waals surface area contributed by atoms with E-state index in [2.05, 4.69) is 0 Å². The second kappa shape index (κ2) is 4.55. The van der Waals surface area contributed by atoms with Gasteiger partial charge in [-0.1, -0.05) is 12.1 Å². The molecule has 0 radical (unpaired) electrons. The highest BCUT2D eigenvalue weighted by molar-refractivity contribution is 6.04. The lowest BCUT2D eigenvalue weighted by Gasteiger charge is -2.31. The topological polar surface area (TPSA) is 66.6 Å². The van der Waals surface area contributed by atoms with Gasteiger partial charge < -0.3 is 15.5 Å². The van der Waals surface area contributed by atoms with Crippen molar-refractivity contribution in [3.8, 4) is 0 Å². The zero-order chi connectivity index (χ0) is 12.4. The number of carbonyl (C=O) groups excluding carboxylic acids is 2. The summed E-state index contributed by atoms with van der Waals surface area (Å²) in [5.74, 6) is -0.121. The third-order valence-corrected chi connectivity index (χ3v) is 2.85. The molecule has 2 N–H and O–H groups in total. The van der Waals surface area contributed by atoms with Gasteiger partial charge in [-0.2, -0.15) is 0 Å². The monoisotopic (exact) mass is 233 g/mol. The summed E-state index contributed by atoms with van der Waals surface area (Å²) in [6, 6.07) is 7.39. The first-order valence-corrected chi connectivity index (χ1v) is 5.45. The molecule has 2 amide bonds. The number of hydrogen-bond donors (Lipinski definition) is 1. The fourth-order valence-corrected chi connectivity index (χ4v) is 1.81. The molecule has 1 heterocycles. The van der Waals surface area contributed by atoms with E-state index in [4.69, 9.17) is 5.73 Å². The van der Waals surface area contributed by atoms with Crippen LogP contribution in [0.5, 0.6) is 0 Å². The van der Waals surface area contributed by atoms with E-state index in [1.165, 1.54) is 9.80 Å². The molecule has 2 rings (SSSR count). The Balaban J connectivity index is 2.26. The molecular weight excluding hydrogens is 218 g/mol. The van der Waals surface area contributed by atoms with E-state index in [1.807, 2.05) is 24.3 Å². The van der Waals surface area contributed by atoms with Crippen molar-refractivity contribution >= 4 is 17.5 Å². The molecule has 5 heteroatoms. The van der Waals surface area contributed by atoms with Crippen LogP contribution in [0.15, 0.2) is 24.3 Å². The summed E-state index contributed by atoms with van der Waals surface area (Å²) in [6.07, 6.45) is 0. The zero-order valence-corrected chi connectivity index (χ0v) is 9.72. The molecule has 1 saturated heterocycles. The van der Waals surface area contributed by atoms with Gasteiger partial charge in [-0.25, -0.2) is 0 Å². The van der Waals surface area contributed by atoms with Crippen molar-refractivity contribution in [3.63, 3.8) is 0 Å². The Hall–Kier alpha value is -1.88. The first kappa shape index (κ1) is 11.6. The minimum absolute atomic E-state index is 0.0530. The van der Waals surface area contributed by atoms with Gasteiger partial charge >= 0.3 is 0 Å². The second-order valence-corrected chi connectivity index (χ2v) is 4.10. The van der Waals surface area contributed by atoms with Crippen LogP contribution < -0.4 is 10.6 Å². The lowest BCUT2D eigenvalue weighted by atomic mass is 10.1. The van der Waals surface area contributed by atoms with Crippen molar-refractivity contribution in [2.24, 2.45) is 5.73 Å². The van der Waals surface area contributed by atoms with E-state index >= 15 is 0 Å². The molecule has 1 aliphatic heterocycles. The van der Waals surface area contributed by atoms with Crippen LogP contribution >= 0.6 is 0 Å². The molecule has 1 aliphatic rings. The number of nitrogens with zero attached hydrogens (tertiary/aromatic N) is 2. The van der Waals surface area contributed by atoms with Gasteiger partial charge in [0.25, 0.3) is 0 Å². The van der Waals surface area contributed by atoms with Gasteiger partial charge in [0.05, 0.1) is 6.54 Å². The number of likely N-dealkylation sites (N-methyl/N-ethyl adjacent to an activating group) is 1. The van der Waals surface area contributed by atoms with Gasteiger partial charge in [0.15, 0.2) is 0 Å². The maximum Gasteiger partial charge on any atom is 0.247 e. The average molecular weight is 233 g/mol. The third kappa shape index (κ3) is 2.29. The minimum Gasteiger partial charge on any atom is -0.335 e. The molecule has 5 nitrogen and oxygen atoms in total. The molecule has 1 aromatic carbocycles. The van der Waals surface area contributed by atoms with Gasteiger partial charge in [0.1, 0.15) is 6.54 Å². The average Bonchev–Trinajstić information content (AvgIpc) is 2.34. The van der Waals surface area contributed by atoms with E-state index < -0.39 is 0 Å². The molecule has 0 aromatic heterocycles. The Labute approximate surface area is 99.8 Å². The van der Waals surface area contributed by atoms with E-state index in [0.29, 0.717) is 6.54 Å². The maximum absolute atomic E-state index is 11.9. The first-order valence-electron chi connectivity index (χ1n) is 5.45. The molecule has 0 atom stereocenters. The van der Waals surface area contributed by atoms with Gasteiger partial charge in [0.2, 0.25) is 11.8 Å². The Bertz CT molecular complexity index is 459. The van der Waals surface area contributed by atoms with Crippen LogP contribution in [0.25, 0.3) is 0 Å². The van der Waals surface area contributed by atoms with Gasteiger partial charge in [0, 0.05) is 19.3 Å². The van der Waals surface area contributed by atoms with Gasteiger partial charge in [-0.15, -0.1) is 0 Å². The quantitative estimate of drug-likeness (QED) is 0.778. The summed E-state index contributed by atoms with van der Waals surface area (Å²) in [7, 11) is 1.63. The lowest BCUT2D eigenvalue weighted by Crippen LogP contribution is -2.52. The molecule has 90 valence electrons. The molecule has 1 aromatic rings. The molecule has 0 unspecified atom stereocenters. The van der Waals surface area contributed by atoms with Crippen LogP contribution in [0.4, 0.5) is 5.69 Å². The van der Waals surface area contributed by atoms with E-state index in [0.717, 1.165) is 11.3 Å². The van der Waals surface area contributed by atoms with Crippen molar-refractivity contribution < 1.29 is 9.59 Å². The fourth-order valence-electron chi connectivity index (χ4n) is 1.81. The number of hydrogen-bond acceptors (Lipinski definition) is 3. The molecule has 0 spiro atoms. The molecule has 1 fully saturated rings. The molecule has 0 aliphatic carbocycles. The number of carbonyl (C=O) groups is 2. The van der Waals surface area contributed by atoms with Crippen LogP contribution in [-0.4, -0.2) is 36.9 Å². The van der Waals surface area contributed by atoms with Crippen LogP contribution in [0.2, 0.25) is 0 Å². The van der Waals surface area contributed by atoms with Gasteiger partial charge in [-0.3, -0.25) is 9.59 Å². The Morgan fingerprint density at radius 1 is 1.24 bits per heavy atom. The summed E-state index contributed by atoms with van der Waals surface area (Å²) in [5, 5.41) is 0. The summed E-state index contributed by atoms with van der Waals surface area (Å²) >= 11 is 0. The predicted molar refractivity (Wildman–Crippen MR) is 64.3 cm³/mol. The standard InChI is InChI=1S/C12H15N3O2/c1-14-7-12(17)15(8-11(14)16)10-4-2-3-9(5-10)6-13/h2-5H,6-8,13H2,1H3.